The van der Waals surface area contributed by atoms with Crippen molar-refractivity contribution in [1.29, 1.82) is 0 Å². The number of carbonyl (C=O) groups excluding carboxylic acids is 2. The molecule has 0 aliphatic carbocycles. The van der Waals surface area contributed by atoms with Crippen molar-refractivity contribution in [1.82, 2.24) is 9.88 Å². The monoisotopic (exact) mass is 387 g/mol. The summed E-state index contributed by atoms with van der Waals surface area (Å²) in [6.07, 6.45) is 2.98. The van der Waals surface area contributed by atoms with Crippen molar-refractivity contribution in [2.75, 3.05) is 11.9 Å². The van der Waals surface area contributed by atoms with E-state index in [9.17, 15) is 9.59 Å². The third kappa shape index (κ3) is 5.08. The maximum absolute atomic E-state index is 13.0. The first-order chi connectivity index (χ1) is 14.0. The van der Waals surface area contributed by atoms with E-state index in [1.165, 1.54) is 12.4 Å². The second-order valence-electron chi connectivity index (χ2n) is 7.04. The molecule has 0 aliphatic rings. The molecule has 0 saturated carbocycles. The number of nitrogens with one attached hydrogen (secondary N) is 1. The summed E-state index contributed by atoms with van der Waals surface area (Å²) in [5, 5.41) is 2.91. The molecular weight excluding hydrogens is 362 g/mol. The number of hydrogen-bond acceptors (Lipinski definition) is 3. The number of hydrogen-bond donors (Lipinski definition) is 1. The van der Waals surface area contributed by atoms with Gasteiger partial charge in [0, 0.05) is 31.2 Å². The fourth-order valence-corrected chi connectivity index (χ4v) is 3.06. The first-order valence-corrected chi connectivity index (χ1v) is 9.64. The molecule has 0 unspecified atom stereocenters. The van der Waals surface area contributed by atoms with Crippen LogP contribution in [0.1, 0.15) is 44.3 Å². The second-order valence-corrected chi connectivity index (χ2v) is 7.04. The summed E-state index contributed by atoms with van der Waals surface area (Å²) >= 11 is 0. The minimum atomic E-state index is -0.285. The highest BCUT2D eigenvalue weighted by Gasteiger charge is 2.17. The van der Waals surface area contributed by atoms with Crippen LogP contribution in [0.15, 0.2) is 67.0 Å². The van der Waals surface area contributed by atoms with Gasteiger partial charge in [-0.3, -0.25) is 14.6 Å². The molecule has 1 aromatic heterocycles. The molecule has 0 bridgehead atoms. The van der Waals surface area contributed by atoms with Gasteiger partial charge in [0.25, 0.3) is 11.8 Å². The zero-order chi connectivity index (χ0) is 20.8. The van der Waals surface area contributed by atoms with E-state index in [1.54, 1.807) is 11.0 Å². The number of aryl methyl sites for hydroxylation is 2. The summed E-state index contributed by atoms with van der Waals surface area (Å²) in [7, 11) is 0. The molecule has 5 nitrogen and oxygen atoms in total. The van der Waals surface area contributed by atoms with Crippen LogP contribution < -0.4 is 5.32 Å². The molecule has 2 amide bonds. The van der Waals surface area contributed by atoms with E-state index in [-0.39, 0.29) is 11.8 Å². The molecule has 3 aromatic rings. The van der Waals surface area contributed by atoms with Gasteiger partial charge in [0.15, 0.2) is 0 Å². The highest BCUT2D eigenvalue weighted by molar-refractivity contribution is 6.06. The molecular formula is C24H25N3O2. The number of carbonyl (C=O) groups is 2. The van der Waals surface area contributed by atoms with Gasteiger partial charge in [0.1, 0.15) is 0 Å². The minimum Gasteiger partial charge on any atom is -0.335 e. The molecule has 0 fully saturated rings. The summed E-state index contributed by atoms with van der Waals surface area (Å²) in [6, 6.07) is 17.3. The highest BCUT2D eigenvalue weighted by atomic mass is 16.2. The molecule has 0 atom stereocenters. The molecule has 5 heteroatoms. The molecule has 29 heavy (non-hydrogen) atoms. The molecule has 148 valence electrons. The van der Waals surface area contributed by atoms with Crippen LogP contribution >= 0.6 is 0 Å². The Morgan fingerprint density at radius 3 is 2.41 bits per heavy atom. The van der Waals surface area contributed by atoms with E-state index >= 15 is 0 Å². The van der Waals surface area contributed by atoms with Gasteiger partial charge in [0.05, 0.1) is 11.1 Å². The van der Waals surface area contributed by atoms with Crippen molar-refractivity contribution < 1.29 is 9.59 Å². The average Bonchev–Trinajstić information content (AvgIpc) is 2.75. The van der Waals surface area contributed by atoms with Crippen molar-refractivity contribution in [3.05, 3.63) is 94.8 Å². The molecule has 0 spiro atoms. The Labute approximate surface area is 171 Å². The van der Waals surface area contributed by atoms with E-state index in [0.717, 1.165) is 22.4 Å². The molecule has 2 aromatic carbocycles. The minimum absolute atomic E-state index is 0.148. The Balaban J connectivity index is 1.78. The molecule has 0 radical (unpaired) electrons. The average molecular weight is 387 g/mol. The van der Waals surface area contributed by atoms with Crippen LogP contribution in [0.2, 0.25) is 0 Å². The normalized spacial score (nSPS) is 10.4. The Kier molecular flexibility index (Phi) is 6.39. The number of rotatable bonds is 6. The smallest absolute Gasteiger partial charge is 0.257 e. The largest absolute Gasteiger partial charge is 0.335 e. The van der Waals surface area contributed by atoms with Gasteiger partial charge >= 0.3 is 0 Å². The first-order valence-electron chi connectivity index (χ1n) is 9.64. The third-order valence-corrected chi connectivity index (χ3v) is 4.77. The van der Waals surface area contributed by atoms with Crippen LogP contribution in [0.4, 0.5) is 5.69 Å². The lowest BCUT2D eigenvalue weighted by atomic mass is 10.1. The standard InChI is InChI=1S/C24H25N3O2/c1-4-27(16-19-8-6-5-7-9-19)24(29)21-13-20(14-25-15-21)23(28)26-22-12-17(2)10-11-18(22)3/h5-15H,4,16H2,1-3H3,(H,26,28). The predicted octanol–water partition coefficient (Wildman–Crippen LogP) is 4.61. The lowest BCUT2D eigenvalue weighted by molar-refractivity contribution is 0.0752. The summed E-state index contributed by atoms with van der Waals surface area (Å²) in [4.78, 5) is 31.5. The lowest BCUT2D eigenvalue weighted by Gasteiger charge is -2.21. The van der Waals surface area contributed by atoms with Gasteiger partial charge in [-0.2, -0.15) is 0 Å². The lowest BCUT2D eigenvalue weighted by Crippen LogP contribution is -2.30. The van der Waals surface area contributed by atoms with E-state index < -0.39 is 0 Å². The van der Waals surface area contributed by atoms with Gasteiger partial charge < -0.3 is 10.2 Å². The van der Waals surface area contributed by atoms with E-state index in [1.807, 2.05) is 69.3 Å². The zero-order valence-electron chi connectivity index (χ0n) is 17.0. The van der Waals surface area contributed by atoms with Gasteiger partial charge in [-0.15, -0.1) is 0 Å². The molecule has 1 heterocycles. The summed E-state index contributed by atoms with van der Waals surface area (Å²) in [6.45, 7) is 6.92. The van der Waals surface area contributed by atoms with Crippen molar-refractivity contribution in [3.8, 4) is 0 Å². The highest BCUT2D eigenvalue weighted by Crippen LogP contribution is 2.18. The Bertz CT molecular complexity index is 1020. The van der Waals surface area contributed by atoms with Crippen molar-refractivity contribution in [3.63, 3.8) is 0 Å². The van der Waals surface area contributed by atoms with Crippen LogP contribution in [0.3, 0.4) is 0 Å². The van der Waals surface area contributed by atoms with Gasteiger partial charge in [0.2, 0.25) is 0 Å². The van der Waals surface area contributed by atoms with Crippen LogP contribution in [0.5, 0.6) is 0 Å². The predicted molar refractivity (Wildman–Crippen MR) is 115 cm³/mol. The third-order valence-electron chi connectivity index (χ3n) is 4.77. The van der Waals surface area contributed by atoms with Crippen molar-refractivity contribution >= 4 is 17.5 Å². The summed E-state index contributed by atoms with van der Waals surface area (Å²) in [5.41, 5.74) is 4.60. The molecule has 0 saturated heterocycles. The SMILES string of the molecule is CCN(Cc1ccccc1)C(=O)c1cncc(C(=O)Nc2cc(C)ccc2C)c1. The van der Waals surface area contributed by atoms with Gasteiger partial charge in [-0.1, -0.05) is 42.5 Å². The topological polar surface area (TPSA) is 62.3 Å². The fourth-order valence-electron chi connectivity index (χ4n) is 3.06. The van der Waals surface area contributed by atoms with Crippen LogP contribution in [-0.2, 0) is 6.54 Å². The van der Waals surface area contributed by atoms with Gasteiger partial charge in [-0.25, -0.2) is 0 Å². The Morgan fingerprint density at radius 2 is 1.69 bits per heavy atom. The number of amides is 2. The number of aromatic nitrogens is 1. The number of anilines is 1. The van der Waals surface area contributed by atoms with E-state index in [2.05, 4.69) is 10.3 Å². The van der Waals surface area contributed by atoms with Crippen molar-refractivity contribution in [2.45, 2.75) is 27.3 Å². The molecule has 0 aliphatic heterocycles. The maximum atomic E-state index is 13.0. The second kappa shape index (κ2) is 9.15. The molecule has 3 rings (SSSR count). The van der Waals surface area contributed by atoms with Crippen LogP contribution in [0, 0.1) is 13.8 Å². The van der Waals surface area contributed by atoms with Gasteiger partial charge in [-0.05, 0) is 49.6 Å². The fraction of sp³-hybridized carbons (Fsp3) is 0.208. The zero-order valence-corrected chi connectivity index (χ0v) is 17.0. The number of pyridine rings is 1. The number of nitrogens with zero attached hydrogens (tertiary/aromatic N) is 2. The molecule has 1 N–H and O–H groups in total. The maximum Gasteiger partial charge on any atom is 0.257 e. The Hall–Kier alpha value is -3.47. The number of benzene rings is 2. The Morgan fingerprint density at radius 1 is 0.966 bits per heavy atom. The first kappa shape index (κ1) is 20.3. The quantitative estimate of drug-likeness (QED) is 0.672. The summed E-state index contributed by atoms with van der Waals surface area (Å²) in [5.74, 6) is -0.433. The summed E-state index contributed by atoms with van der Waals surface area (Å²) < 4.78 is 0. The van der Waals surface area contributed by atoms with E-state index in [0.29, 0.717) is 24.2 Å². The van der Waals surface area contributed by atoms with Crippen molar-refractivity contribution in [2.24, 2.45) is 0 Å². The van der Waals surface area contributed by atoms with Crippen LogP contribution in [0.25, 0.3) is 0 Å². The van der Waals surface area contributed by atoms with E-state index in [4.69, 9.17) is 0 Å². The van der Waals surface area contributed by atoms with Crippen LogP contribution in [-0.4, -0.2) is 28.2 Å².